The average Bonchev–Trinajstić information content (AvgIpc) is 3.57. The number of benzene rings is 1. The van der Waals surface area contributed by atoms with E-state index in [1.165, 1.54) is 41.4 Å². The van der Waals surface area contributed by atoms with Crippen molar-refractivity contribution in [2.75, 3.05) is 5.75 Å². The predicted octanol–water partition coefficient (Wildman–Crippen LogP) is 5.74. The topological polar surface area (TPSA) is 77.2 Å². The van der Waals surface area contributed by atoms with Crippen LogP contribution in [0, 0.1) is 0 Å². The van der Waals surface area contributed by atoms with E-state index in [1.54, 1.807) is 19.2 Å². The number of hydrogen-bond donors (Lipinski definition) is 0. The van der Waals surface area contributed by atoms with Gasteiger partial charge in [0, 0.05) is 35.8 Å². The van der Waals surface area contributed by atoms with Crippen LogP contribution in [0.15, 0.2) is 65.0 Å². The van der Waals surface area contributed by atoms with Crippen molar-refractivity contribution in [1.82, 2.24) is 19.4 Å². The summed E-state index contributed by atoms with van der Waals surface area (Å²) in [6.07, 6.45) is 6.69. The van der Waals surface area contributed by atoms with Gasteiger partial charge in [0.1, 0.15) is 28.4 Å². The van der Waals surface area contributed by atoms with Crippen LogP contribution < -0.4 is 0 Å². The minimum atomic E-state index is -4.47. The molecule has 1 aromatic carbocycles. The van der Waals surface area contributed by atoms with Crippen molar-refractivity contribution in [3.63, 3.8) is 0 Å². The first-order chi connectivity index (χ1) is 16.1. The molecule has 0 saturated heterocycles. The molecule has 0 amide bonds. The minimum absolute atomic E-state index is 0.0278. The zero-order chi connectivity index (χ0) is 24.1. The van der Waals surface area contributed by atoms with Crippen molar-refractivity contribution in [3.05, 3.63) is 60.7 Å². The van der Waals surface area contributed by atoms with Crippen molar-refractivity contribution in [3.8, 4) is 22.5 Å². The summed E-state index contributed by atoms with van der Waals surface area (Å²) < 4.78 is 65.4. The zero-order valence-electron chi connectivity index (χ0n) is 18.0. The van der Waals surface area contributed by atoms with Crippen molar-refractivity contribution in [1.29, 1.82) is 0 Å². The highest BCUT2D eigenvalue weighted by Gasteiger charge is 2.30. The molecule has 34 heavy (non-hydrogen) atoms. The molecular weight excluding hydrogens is 485 g/mol. The first-order valence-electron chi connectivity index (χ1n) is 10.6. The summed E-state index contributed by atoms with van der Waals surface area (Å²) in [5, 5.41) is -0.253. The molecule has 0 unspecified atom stereocenters. The van der Waals surface area contributed by atoms with Gasteiger partial charge in [-0.15, -0.1) is 0 Å². The molecule has 0 bridgehead atoms. The maximum absolute atomic E-state index is 12.9. The molecule has 176 valence electrons. The van der Waals surface area contributed by atoms with Crippen LogP contribution in [0.1, 0.15) is 31.2 Å². The van der Waals surface area contributed by atoms with Crippen molar-refractivity contribution in [2.24, 2.45) is 0 Å². The molecule has 5 rings (SSSR count). The van der Waals surface area contributed by atoms with Gasteiger partial charge >= 0.3 is 5.51 Å². The number of nitrogens with zero attached hydrogens (tertiary/aromatic N) is 4. The first kappa shape index (κ1) is 22.9. The number of rotatable bonds is 6. The molecule has 0 spiro atoms. The van der Waals surface area contributed by atoms with Gasteiger partial charge in [0.05, 0.1) is 10.6 Å². The van der Waals surface area contributed by atoms with Crippen LogP contribution in [0.2, 0.25) is 0 Å². The molecule has 1 saturated carbocycles. The Morgan fingerprint density at radius 3 is 2.47 bits per heavy atom. The molecule has 6 nitrogen and oxygen atoms in total. The second-order valence-electron chi connectivity index (χ2n) is 8.04. The Hall–Kier alpha value is -2.92. The van der Waals surface area contributed by atoms with E-state index in [0.29, 0.717) is 11.5 Å². The summed E-state index contributed by atoms with van der Waals surface area (Å²) >= 11 is -0.338. The SMILES string of the molecule is CCS(=O)(=O)c1cc(-c2ccc(C3CC3)cc2)cnc1-c1cn2cnc(SC(F)(F)F)cc2n1. The third-order valence-corrected chi connectivity index (χ3v) is 8.05. The van der Waals surface area contributed by atoms with Crippen molar-refractivity contribution >= 4 is 27.2 Å². The highest BCUT2D eigenvalue weighted by molar-refractivity contribution is 8.00. The number of sulfone groups is 1. The number of halogens is 3. The standard InChI is InChI=1S/C23H19F3N4O2S2/c1-2-34(31,32)19-9-17(16-7-5-15(6-8-16)14-3-4-14)11-27-22(19)18-12-30-13-28-21(10-20(30)29-18)33-23(24,25)26/h5-14H,2-4H2,1H3. The minimum Gasteiger partial charge on any atom is -0.290 e. The number of imidazole rings is 1. The molecule has 1 aliphatic carbocycles. The Morgan fingerprint density at radius 2 is 1.82 bits per heavy atom. The summed E-state index contributed by atoms with van der Waals surface area (Å²) in [5.74, 6) is 0.484. The van der Waals surface area contributed by atoms with E-state index in [9.17, 15) is 21.6 Å². The summed E-state index contributed by atoms with van der Waals surface area (Å²) in [6.45, 7) is 1.55. The van der Waals surface area contributed by atoms with Crippen LogP contribution >= 0.6 is 11.8 Å². The quantitative estimate of drug-likeness (QED) is 0.246. The van der Waals surface area contributed by atoms with Crippen molar-refractivity contribution in [2.45, 2.75) is 41.1 Å². The molecule has 11 heteroatoms. The van der Waals surface area contributed by atoms with E-state index in [4.69, 9.17) is 0 Å². The molecule has 0 N–H and O–H groups in total. The Balaban J connectivity index is 1.57. The average molecular weight is 505 g/mol. The Bertz CT molecular complexity index is 1480. The monoisotopic (exact) mass is 504 g/mol. The van der Waals surface area contributed by atoms with E-state index < -0.39 is 15.3 Å². The maximum Gasteiger partial charge on any atom is 0.447 e. The molecule has 3 heterocycles. The van der Waals surface area contributed by atoms with E-state index >= 15 is 0 Å². The molecule has 3 aromatic heterocycles. The van der Waals surface area contributed by atoms with Gasteiger partial charge in [-0.1, -0.05) is 31.2 Å². The fourth-order valence-corrected chi connectivity index (χ4v) is 5.28. The Morgan fingerprint density at radius 1 is 1.09 bits per heavy atom. The lowest BCUT2D eigenvalue weighted by molar-refractivity contribution is -0.0329. The second kappa shape index (κ2) is 8.38. The number of pyridine rings is 1. The normalized spacial score (nSPS) is 14.6. The molecule has 1 fully saturated rings. The summed E-state index contributed by atoms with van der Waals surface area (Å²) in [6, 6.07) is 10.8. The van der Waals surface area contributed by atoms with Gasteiger partial charge in [-0.25, -0.2) is 18.4 Å². The van der Waals surface area contributed by atoms with E-state index in [-0.39, 0.29) is 44.5 Å². The lowest BCUT2D eigenvalue weighted by Gasteiger charge is -2.10. The van der Waals surface area contributed by atoms with Gasteiger partial charge in [-0.3, -0.25) is 9.38 Å². The summed E-state index contributed by atoms with van der Waals surface area (Å²) in [5.41, 5.74) is -1.10. The van der Waals surface area contributed by atoms with E-state index in [0.717, 1.165) is 5.56 Å². The number of aromatic nitrogens is 4. The second-order valence-corrected chi connectivity index (χ2v) is 11.4. The van der Waals surface area contributed by atoms with Crippen LogP contribution in [0.4, 0.5) is 13.2 Å². The highest BCUT2D eigenvalue weighted by Crippen LogP contribution is 2.41. The van der Waals surface area contributed by atoms with Crippen LogP contribution in [0.3, 0.4) is 0 Å². The number of hydrogen-bond acceptors (Lipinski definition) is 6. The summed E-state index contributed by atoms with van der Waals surface area (Å²) in [4.78, 5) is 12.6. The van der Waals surface area contributed by atoms with Gasteiger partial charge in [0.15, 0.2) is 9.84 Å². The molecule has 0 aliphatic heterocycles. The van der Waals surface area contributed by atoms with Crippen LogP contribution in [-0.2, 0) is 9.84 Å². The molecule has 0 radical (unpaired) electrons. The molecule has 1 aliphatic rings. The third kappa shape index (κ3) is 4.67. The summed E-state index contributed by atoms with van der Waals surface area (Å²) in [7, 11) is -3.67. The Labute approximate surface area is 198 Å². The van der Waals surface area contributed by atoms with E-state index in [1.807, 2.05) is 12.1 Å². The number of thioether (sulfide) groups is 1. The zero-order valence-corrected chi connectivity index (χ0v) is 19.6. The van der Waals surface area contributed by atoms with Crippen molar-refractivity contribution < 1.29 is 21.6 Å². The van der Waals surface area contributed by atoms with Crippen LogP contribution in [0.5, 0.6) is 0 Å². The Kier molecular flexibility index (Phi) is 5.64. The fourth-order valence-electron chi connectivity index (χ4n) is 3.71. The lowest BCUT2D eigenvalue weighted by atomic mass is 10.0. The van der Waals surface area contributed by atoms with Gasteiger partial charge in [0.25, 0.3) is 0 Å². The van der Waals surface area contributed by atoms with Gasteiger partial charge in [-0.2, -0.15) is 13.2 Å². The number of alkyl halides is 3. The highest BCUT2D eigenvalue weighted by atomic mass is 32.2. The first-order valence-corrected chi connectivity index (χ1v) is 13.0. The fraction of sp³-hybridized carbons (Fsp3) is 0.261. The molecular formula is C23H19F3N4O2S2. The molecule has 4 aromatic rings. The van der Waals surface area contributed by atoms with Gasteiger partial charge in [-0.05, 0) is 36.0 Å². The maximum atomic E-state index is 12.9. The smallest absolute Gasteiger partial charge is 0.290 e. The van der Waals surface area contributed by atoms with E-state index in [2.05, 4.69) is 27.1 Å². The molecule has 0 atom stereocenters. The van der Waals surface area contributed by atoms with Gasteiger partial charge in [0.2, 0.25) is 0 Å². The number of fused-ring (bicyclic) bond motifs is 1. The van der Waals surface area contributed by atoms with Crippen LogP contribution in [-0.4, -0.2) is 39.0 Å². The lowest BCUT2D eigenvalue weighted by Crippen LogP contribution is -2.07. The van der Waals surface area contributed by atoms with Gasteiger partial charge < -0.3 is 0 Å². The predicted molar refractivity (Wildman–Crippen MR) is 123 cm³/mol. The largest absolute Gasteiger partial charge is 0.447 e. The van der Waals surface area contributed by atoms with Crippen LogP contribution in [0.25, 0.3) is 28.2 Å². The third-order valence-electron chi connectivity index (χ3n) is 5.65.